The highest BCUT2D eigenvalue weighted by Gasteiger charge is 2.09. The molecule has 3 N–H and O–H groups in total. The number of nitrogens with two attached hydrogens (primary N) is 1. The van der Waals surface area contributed by atoms with E-state index in [4.69, 9.17) is 15.2 Å². The number of anilines is 1. The van der Waals surface area contributed by atoms with Crippen molar-refractivity contribution in [1.82, 2.24) is 9.97 Å². The van der Waals surface area contributed by atoms with Crippen molar-refractivity contribution in [2.45, 2.75) is 0 Å². The fraction of sp³-hybridized carbons (Fsp3) is 0.182. The number of nitrogens with one attached hydrogen (secondary N) is 1. The third kappa shape index (κ3) is 1.79. The first-order valence-corrected chi connectivity index (χ1v) is 4.77. The predicted molar refractivity (Wildman–Crippen MR) is 61.5 cm³/mol. The zero-order valence-corrected chi connectivity index (χ0v) is 9.15. The molecule has 0 spiro atoms. The Morgan fingerprint density at radius 2 is 2.06 bits per heavy atom. The van der Waals surface area contributed by atoms with Gasteiger partial charge in [-0.3, -0.25) is 0 Å². The number of rotatable bonds is 3. The molecule has 0 aliphatic heterocycles. The minimum atomic E-state index is 0.375. The average molecular weight is 219 g/mol. The molecule has 16 heavy (non-hydrogen) atoms. The number of methoxy groups -OCH3 is 2. The number of imidazole rings is 1. The van der Waals surface area contributed by atoms with Crippen LogP contribution in [0.25, 0.3) is 11.3 Å². The molecule has 0 atom stereocenters. The lowest BCUT2D eigenvalue weighted by Gasteiger charge is -2.08. The maximum atomic E-state index is 5.54. The van der Waals surface area contributed by atoms with Gasteiger partial charge in [-0.2, -0.15) is 0 Å². The molecule has 1 aromatic heterocycles. The highest BCUT2D eigenvalue weighted by atomic mass is 16.5. The van der Waals surface area contributed by atoms with E-state index < -0.39 is 0 Å². The largest absolute Gasteiger partial charge is 0.497 e. The monoisotopic (exact) mass is 219 g/mol. The van der Waals surface area contributed by atoms with Crippen LogP contribution in [-0.2, 0) is 0 Å². The van der Waals surface area contributed by atoms with E-state index in [1.165, 1.54) is 0 Å². The number of aromatic amines is 1. The van der Waals surface area contributed by atoms with Gasteiger partial charge in [0.25, 0.3) is 0 Å². The highest BCUT2D eigenvalue weighted by Crippen LogP contribution is 2.32. The van der Waals surface area contributed by atoms with E-state index >= 15 is 0 Å². The molecule has 0 aliphatic carbocycles. The van der Waals surface area contributed by atoms with Crippen molar-refractivity contribution >= 4 is 5.95 Å². The first-order valence-electron chi connectivity index (χ1n) is 4.77. The van der Waals surface area contributed by atoms with Gasteiger partial charge in [0, 0.05) is 5.56 Å². The van der Waals surface area contributed by atoms with Crippen LogP contribution < -0.4 is 15.2 Å². The topological polar surface area (TPSA) is 73.2 Å². The van der Waals surface area contributed by atoms with Crippen molar-refractivity contribution in [2.24, 2.45) is 0 Å². The summed E-state index contributed by atoms with van der Waals surface area (Å²) < 4.78 is 10.4. The van der Waals surface area contributed by atoms with Crippen LogP contribution >= 0.6 is 0 Å². The van der Waals surface area contributed by atoms with E-state index in [0.29, 0.717) is 5.95 Å². The average Bonchev–Trinajstić information content (AvgIpc) is 2.75. The van der Waals surface area contributed by atoms with Crippen molar-refractivity contribution in [1.29, 1.82) is 0 Å². The summed E-state index contributed by atoms with van der Waals surface area (Å²) in [5.74, 6) is 1.87. The van der Waals surface area contributed by atoms with Crippen molar-refractivity contribution in [3.05, 3.63) is 24.4 Å². The second-order valence-electron chi connectivity index (χ2n) is 3.25. The summed E-state index contributed by atoms with van der Waals surface area (Å²) in [4.78, 5) is 6.90. The number of H-pyrrole nitrogens is 1. The van der Waals surface area contributed by atoms with Gasteiger partial charge in [-0.15, -0.1) is 0 Å². The number of aromatic nitrogens is 2. The van der Waals surface area contributed by atoms with Crippen molar-refractivity contribution in [3.63, 3.8) is 0 Å². The molecule has 2 rings (SSSR count). The Bertz CT molecular complexity index is 494. The Labute approximate surface area is 93.2 Å². The molecule has 5 heteroatoms. The van der Waals surface area contributed by atoms with Gasteiger partial charge in [-0.05, 0) is 18.2 Å². The van der Waals surface area contributed by atoms with Crippen LogP contribution in [-0.4, -0.2) is 24.2 Å². The van der Waals surface area contributed by atoms with Gasteiger partial charge in [-0.25, -0.2) is 4.98 Å². The van der Waals surface area contributed by atoms with Crippen LogP contribution in [0.15, 0.2) is 24.4 Å². The quantitative estimate of drug-likeness (QED) is 0.823. The maximum absolute atomic E-state index is 5.54. The fourth-order valence-electron chi connectivity index (χ4n) is 1.50. The summed E-state index contributed by atoms with van der Waals surface area (Å²) in [5, 5.41) is 0. The van der Waals surface area contributed by atoms with Gasteiger partial charge in [0.2, 0.25) is 0 Å². The third-order valence-electron chi connectivity index (χ3n) is 2.29. The third-order valence-corrected chi connectivity index (χ3v) is 2.29. The molecule has 0 saturated carbocycles. The van der Waals surface area contributed by atoms with Gasteiger partial charge >= 0.3 is 0 Å². The molecule has 1 aromatic carbocycles. The molecule has 0 radical (unpaired) electrons. The lowest BCUT2D eigenvalue weighted by molar-refractivity contribution is 0.404. The molecule has 2 aromatic rings. The first-order chi connectivity index (χ1) is 7.74. The molecular weight excluding hydrogens is 206 g/mol. The van der Waals surface area contributed by atoms with Crippen molar-refractivity contribution in [3.8, 4) is 22.8 Å². The molecule has 0 fully saturated rings. The zero-order chi connectivity index (χ0) is 11.5. The summed E-state index contributed by atoms with van der Waals surface area (Å²) >= 11 is 0. The lowest BCUT2D eigenvalue weighted by Crippen LogP contribution is -1.91. The lowest BCUT2D eigenvalue weighted by atomic mass is 10.1. The Balaban J connectivity index is 2.52. The minimum absolute atomic E-state index is 0.375. The second kappa shape index (κ2) is 4.14. The van der Waals surface area contributed by atoms with Crippen LogP contribution in [0.4, 0.5) is 5.95 Å². The smallest absolute Gasteiger partial charge is 0.197 e. The molecule has 0 saturated heterocycles. The van der Waals surface area contributed by atoms with Crippen LogP contribution in [0.2, 0.25) is 0 Å². The molecule has 1 heterocycles. The number of ether oxygens (including phenoxy) is 2. The van der Waals surface area contributed by atoms with E-state index in [9.17, 15) is 0 Å². The first kappa shape index (κ1) is 10.4. The van der Waals surface area contributed by atoms with Gasteiger partial charge in [0.1, 0.15) is 11.5 Å². The maximum Gasteiger partial charge on any atom is 0.197 e. The molecule has 0 aliphatic rings. The van der Waals surface area contributed by atoms with E-state index in [-0.39, 0.29) is 0 Å². The normalized spacial score (nSPS) is 10.1. The Kier molecular flexibility index (Phi) is 2.68. The Morgan fingerprint density at radius 1 is 1.25 bits per heavy atom. The Morgan fingerprint density at radius 3 is 2.62 bits per heavy atom. The highest BCUT2D eigenvalue weighted by molar-refractivity contribution is 5.69. The van der Waals surface area contributed by atoms with Crippen LogP contribution in [0.3, 0.4) is 0 Å². The summed E-state index contributed by atoms with van der Waals surface area (Å²) in [7, 11) is 3.23. The van der Waals surface area contributed by atoms with Crippen LogP contribution in [0.5, 0.6) is 11.5 Å². The van der Waals surface area contributed by atoms with Crippen LogP contribution in [0.1, 0.15) is 0 Å². The Hall–Kier alpha value is -2.17. The van der Waals surface area contributed by atoms with Gasteiger partial charge in [0.05, 0.1) is 26.1 Å². The summed E-state index contributed by atoms with van der Waals surface area (Å²) in [6.07, 6.45) is 1.66. The molecule has 0 bridgehead atoms. The SMILES string of the molecule is COc1ccc(OC)c(-c2cnc(N)[nH]2)c1. The number of benzene rings is 1. The standard InChI is InChI=1S/C11H13N3O2/c1-15-7-3-4-10(16-2)8(5-7)9-6-13-11(12)14-9/h3-6H,1-2H3,(H3,12,13,14). The zero-order valence-electron chi connectivity index (χ0n) is 9.15. The second-order valence-corrected chi connectivity index (χ2v) is 3.25. The summed E-state index contributed by atoms with van der Waals surface area (Å²) in [5.41, 5.74) is 7.21. The predicted octanol–water partition coefficient (Wildman–Crippen LogP) is 1.68. The van der Waals surface area contributed by atoms with Gasteiger partial charge in [-0.1, -0.05) is 0 Å². The number of nitrogens with zero attached hydrogens (tertiary/aromatic N) is 1. The number of hydrogen-bond acceptors (Lipinski definition) is 4. The fourth-order valence-corrected chi connectivity index (χ4v) is 1.50. The van der Waals surface area contributed by atoms with E-state index in [2.05, 4.69) is 9.97 Å². The van der Waals surface area contributed by atoms with E-state index in [1.807, 2.05) is 18.2 Å². The molecular formula is C11H13N3O2. The molecule has 0 amide bonds. The van der Waals surface area contributed by atoms with E-state index in [1.54, 1.807) is 20.4 Å². The summed E-state index contributed by atoms with van der Waals surface area (Å²) in [6, 6.07) is 5.54. The molecule has 84 valence electrons. The number of nitrogen functional groups attached to an aromatic ring is 1. The molecule has 5 nitrogen and oxygen atoms in total. The summed E-state index contributed by atoms with van der Waals surface area (Å²) in [6.45, 7) is 0. The molecule has 0 unspecified atom stereocenters. The van der Waals surface area contributed by atoms with Crippen molar-refractivity contribution < 1.29 is 9.47 Å². The van der Waals surface area contributed by atoms with Gasteiger partial charge < -0.3 is 20.2 Å². The van der Waals surface area contributed by atoms with Crippen LogP contribution in [0, 0.1) is 0 Å². The van der Waals surface area contributed by atoms with Gasteiger partial charge in [0.15, 0.2) is 5.95 Å². The van der Waals surface area contributed by atoms with Crippen molar-refractivity contribution in [2.75, 3.05) is 20.0 Å². The minimum Gasteiger partial charge on any atom is -0.497 e. The van der Waals surface area contributed by atoms with E-state index in [0.717, 1.165) is 22.8 Å². The number of hydrogen-bond donors (Lipinski definition) is 2.